The van der Waals surface area contributed by atoms with E-state index in [1.165, 1.54) is 12.1 Å². The van der Waals surface area contributed by atoms with Crippen LogP contribution in [-0.4, -0.2) is 6.54 Å². The van der Waals surface area contributed by atoms with Gasteiger partial charge in [0.15, 0.2) is 0 Å². The van der Waals surface area contributed by atoms with Gasteiger partial charge in [-0.1, -0.05) is 49.1 Å². The molecule has 1 aromatic rings. The molecule has 0 aliphatic rings. The van der Waals surface area contributed by atoms with Gasteiger partial charge in [-0.3, -0.25) is 0 Å². The van der Waals surface area contributed by atoms with E-state index in [-0.39, 0.29) is 5.82 Å². The molecule has 0 saturated heterocycles. The van der Waals surface area contributed by atoms with Crippen LogP contribution in [0, 0.1) is 5.82 Å². The summed E-state index contributed by atoms with van der Waals surface area (Å²) in [6.45, 7) is 0.420. The largest absolute Gasteiger partial charge is 0.207 e. The van der Waals surface area contributed by atoms with E-state index in [1.54, 1.807) is 0 Å². The van der Waals surface area contributed by atoms with Crippen molar-refractivity contribution in [1.29, 1.82) is 0 Å². The number of benzene rings is 1. The molecule has 1 aromatic carbocycles. The molecule has 0 N–H and O–H groups in total. The van der Waals surface area contributed by atoms with Crippen LogP contribution in [-0.2, 0) is 0 Å². The fraction of sp³-hybridized carbons (Fsp3) is 0.200. The Labute approximate surface area is 109 Å². The molecular weight excluding hydrogens is 341 g/mol. The third-order valence-electron chi connectivity index (χ3n) is 1.79. The summed E-state index contributed by atoms with van der Waals surface area (Å²) in [5.74, 6) is -0.301. The molecule has 0 bridgehead atoms. The monoisotopic (exact) mass is 347 g/mol. The number of hydrogen-bond acceptors (Lipinski definition) is 1. The number of hydrogen-bond donors (Lipinski definition) is 0. The lowest BCUT2D eigenvalue weighted by Gasteiger charge is -2.02. The van der Waals surface area contributed by atoms with Crippen LogP contribution in [0.15, 0.2) is 32.3 Å². The van der Waals surface area contributed by atoms with Crippen LogP contribution >= 0.6 is 31.9 Å². The smallest absolute Gasteiger partial charge is 0.125 e. The summed E-state index contributed by atoms with van der Waals surface area (Å²) in [6, 6.07) is 2.80. The minimum atomic E-state index is -0.301. The van der Waals surface area contributed by atoms with E-state index in [0.29, 0.717) is 21.9 Å². The lowest BCUT2D eigenvalue weighted by molar-refractivity contribution is 0.626. The topological polar surface area (TPSA) is 48.8 Å². The maximum Gasteiger partial charge on any atom is 0.125 e. The Kier molecular flexibility index (Phi) is 5.52. The third-order valence-corrected chi connectivity index (χ3v) is 3.10. The highest BCUT2D eigenvalue weighted by Gasteiger charge is 2.04. The number of halogens is 3. The Bertz CT molecular complexity index is 430. The number of rotatable bonds is 4. The van der Waals surface area contributed by atoms with Gasteiger partial charge >= 0.3 is 0 Å². The molecule has 0 aliphatic carbocycles. The van der Waals surface area contributed by atoms with Crippen LogP contribution in [0.2, 0.25) is 0 Å². The Morgan fingerprint density at radius 3 is 2.56 bits per heavy atom. The molecule has 16 heavy (non-hydrogen) atoms. The average Bonchev–Trinajstić information content (AvgIpc) is 2.20. The predicted octanol–water partition coefficient (Wildman–Crippen LogP) is 5.06. The van der Waals surface area contributed by atoms with E-state index in [2.05, 4.69) is 41.9 Å². The van der Waals surface area contributed by atoms with Gasteiger partial charge in [0, 0.05) is 26.0 Å². The fourth-order valence-corrected chi connectivity index (χ4v) is 2.49. The summed E-state index contributed by atoms with van der Waals surface area (Å²) in [4.78, 5) is 2.65. The molecule has 0 saturated carbocycles. The van der Waals surface area contributed by atoms with Crippen LogP contribution in [0.3, 0.4) is 0 Å². The molecule has 0 aromatic heterocycles. The summed E-state index contributed by atoms with van der Waals surface area (Å²) in [6.07, 6.45) is 4.37. The van der Waals surface area contributed by atoms with Crippen molar-refractivity contribution in [2.75, 3.05) is 6.54 Å². The minimum Gasteiger partial charge on any atom is -0.207 e. The van der Waals surface area contributed by atoms with Crippen molar-refractivity contribution in [1.82, 2.24) is 0 Å². The van der Waals surface area contributed by atoms with Gasteiger partial charge in [-0.05, 0) is 24.1 Å². The van der Waals surface area contributed by atoms with Crippen LogP contribution < -0.4 is 0 Å². The molecule has 0 fully saturated rings. The van der Waals surface area contributed by atoms with Crippen LogP contribution in [0.5, 0.6) is 0 Å². The van der Waals surface area contributed by atoms with Crippen molar-refractivity contribution in [3.8, 4) is 0 Å². The van der Waals surface area contributed by atoms with Gasteiger partial charge in [0.25, 0.3) is 0 Å². The Hall–Kier alpha value is -0.840. The minimum absolute atomic E-state index is 0.301. The predicted molar refractivity (Wildman–Crippen MR) is 69.5 cm³/mol. The van der Waals surface area contributed by atoms with Crippen LogP contribution in [0.4, 0.5) is 4.39 Å². The quantitative estimate of drug-likeness (QED) is 0.316. The Morgan fingerprint density at radius 1 is 1.38 bits per heavy atom. The van der Waals surface area contributed by atoms with Crippen molar-refractivity contribution in [3.05, 3.63) is 49.0 Å². The lowest BCUT2D eigenvalue weighted by Crippen LogP contribution is -1.83. The Morgan fingerprint density at radius 2 is 2.00 bits per heavy atom. The molecule has 0 aliphatic heterocycles. The zero-order chi connectivity index (χ0) is 12.0. The number of azide groups is 1. The highest BCUT2D eigenvalue weighted by atomic mass is 79.9. The first kappa shape index (κ1) is 13.2. The van der Waals surface area contributed by atoms with Gasteiger partial charge in [-0.2, -0.15) is 0 Å². The molecule has 1 rings (SSSR count). The van der Waals surface area contributed by atoms with Gasteiger partial charge < -0.3 is 0 Å². The molecule has 3 nitrogen and oxygen atoms in total. The van der Waals surface area contributed by atoms with Crippen molar-refractivity contribution in [2.45, 2.75) is 6.42 Å². The van der Waals surface area contributed by atoms with E-state index < -0.39 is 0 Å². The van der Waals surface area contributed by atoms with E-state index in [4.69, 9.17) is 5.53 Å². The second-order valence-corrected chi connectivity index (χ2v) is 4.64. The molecule has 0 amide bonds. The van der Waals surface area contributed by atoms with Crippen molar-refractivity contribution in [3.63, 3.8) is 0 Å². The van der Waals surface area contributed by atoms with Gasteiger partial charge in [-0.25, -0.2) is 4.39 Å². The first-order valence-electron chi connectivity index (χ1n) is 4.47. The average molecular weight is 349 g/mol. The summed E-state index contributed by atoms with van der Waals surface area (Å²) < 4.78 is 14.3. The van der Waals surface area contributed by atoms with Crippen LogP contribution in [0.25, 0.3) is 16.5 Å². The first-order valence-corrected chi connectivity index (χ1v) is 6.05. The van der Waals surface area contributed by atoms with Crippen molar-refractivity contribution >= 4 is 37.9 Å². The van der Waals surface area contributed by atoms with E-state index in [9.17, 15) is 4.39 Å². The molecule has 0 heterocycles. The maximum absolute atomic E-state index is 13.0. The molecular formula is C10H8Br2FN3. The molecule has 0 atom stereocenters. The zero-order valence-corrected chi connectivity index (χ0v) is 11.4. The van der Waals surface area contributed by atoms with E-state index >= 15 is 0 Å². The summed E-state index contributed by atoms with van der Waals surface area (Å²) in [7, 11) is 0. The maximum atomic E-state index is 13.0. The van der Waals surface area contributed by atoms with E-state index in [1.807, 2.05) is 12.2 Å². The van der Waals surface area contributed by atoms with Crippen LogP contribution in [0.1, 0.15) is 12.0 Å². The second kappa shape index (κ2) is 6.68. The van der Waals surface area contributed by atoms with Crippen molar-refractivity contribution < 1.29 is 4.39 Å². The summed E-state index contributed by atoms with van der Waals surface area (Å²) >= 11 is 6.56. The zero-order valence-electron chi connectivity index (χ0n) is 8.20. The van der Waals surface area contributed by atoms with Crippen molar-refractivity contribution in [2.24, 2.45) is 5.11 Å². The highest BCUT2D eigenvalue weighted by molar-refractivity contribution is 9.11. The van der Waals surface area contributed by atoms with Gasteiger partial charge in [-0.15, -0.1) is 0 Å². The van der Waals surface area contributed by atoms with Gasteiger partial charge in [0.05, 0.1) is 0 Å². The summed E-state index contributed by atoms with van der Waals surface area (Å²) in [5.41, 5.74) is 8.94. The molecule has 6 heteroatoms. The van der Waals surface area contributed by atoms with E-state index in [0.717, 1.165) is 5.56 Å². The third kappa shape index (κ3) is 3.96. The SMILES string of the molecule is [N-]=[N+]=NCCC=Cc1c(Br)cc(F)cc1Br. The number of nitrogens with zero attached hydrogens (tertiary/aromatic N) is 3. The molecule has 0 radical (unpaired) electrons. The highest BCUT2D eigenvalue weighted by Crippen LogP contribution is 2.28. The fourth-order valence-electron chi connectivity index (χ4n) is 1.09. The molecule has 0 spiro atoms. The first-order chi connectivity index (χ1) is 7.65. The summed E-state index contributed by atoms with van der Waals surface area (Å²) in [5, 5.41) is 3.41. The normalized spacial score (nSPS) is 10.4. The van der Waals surface area contributed by atoms with Gasteiger partial charge in [0.1, 0.15) is 5.82 Å². The molecule has 84 valence electrons. The standard InChI is InChI=1S/C10H8Br2FN3/c11-9-5-7(13)6-10(12)8(9)3-1-2-4-15-16-14/h1,3,5-6H,2,4H2. The van der Waals surface area contributed by atoms with Gasteiger partial charge in [0.2, 0.25) is 0 Å². The second-order valence-electron chi connectivity index (χ2n) is 2.93. The molecule has 0 unspecified atom stereocenters. The lowest BCUT2D eigenvalue weighted by atomic mass is 10.2. The Balaban J connectivity index is 2.77.